The van der Waals surface area contributed by atoms with Gasteiger partial charge in [-0.25, -0.2) is 0 Å². The summed E-state index contributed by atoms with van der Waals surface area (Å²) >= 11 is 0. The van der Waals surface area contributed by atoms with E-state index in [9.17, 15) is 0 Å². The van der Waals surface area contributed by atoms with Gasteiger partial charge in [0.2, 0.25) is 0 Å². The second kappa shape index (κ2) is 6.73. The van der Waals surface area contributed by atoms with Gasteiger partial charge in [-0.2, -0.15) is 0 Å². The lowest BCUT2D eigenvalue weighted by Crippen LogP contribution is -2.42. The summed E-state index contributed by atoms with van der Waals surface area (Å²) in [5.74, 6) is 1.07. The molecule has 1 saturated heterocycles. The molecule has 3 rings (SSSR count). The number of anilines is 1. The molecule has 0 bridgehead atoms. The first-order chi connectivity index (χ1) is 11.7. The summed E-state index contributed by atoms with van der Waals surface area (Å²) in [6.45, 7) is 14.2. The number of hydrogen-bond acceptors (Lipinski definition) is 0. The van der Waals surface area contributed by atoms with Crippen LogP contribution in [-0.4, -0.2) is 11.0 Å². The van der Waals surface area contributed by atoms with Crippen LogP contribution >= 0.6 is 8.86 Å². The molecule has 0 aromatic heterocycles. The molecular weight excluding hydrogens is 321 g/mol. The van der Waals surface area contributed by atoms with Crippen LogP contribution in [0.15, 0.2) is 18.2 Å². The Bertz CT molecular complexity index is 624. The van der Waals surface area contributed by atoms with E-state index in [-0.39, 0.29) is 5.54 Å². The summed E-state index contributed by atoms with van der Waals surface area (Å²) < 4.78 is 0. The molecule has 1 aliphatic carbocycles. The van der Waals surface area contributed by atoms with E-state index >= 15 is 0 Å². The molecule has 0 radical (unpaired) electrons. The Morgan fingerprint density at radius 3 is 1.92 bits per heavy atom. The quantitative estimate of drug-likeness (QED) is 0.519. The largest absolute Gasteiger partial charge is 0.335 e. The fourth-order valence-corrected chi connectivity index (χ4v) is 6.11. The van der Waals surface area contributed by atoms with E-state index in [0.29, 0.717) is 17.3 Å². The Hall–Kier alpha value is -0.810. The predicted octanol–water partition coefficient (Wildman–Crippen LogP) is 7.15. The van der Waals surface area contributed by atoms with Gasteiger partial charge >= 0.3 is 0 Å². The zero-order valence-corrected chi connectivity index (χ0v) is 18.1. The molecule has 2 heteroatoms. The molecule has 1 aromatic carbocycles. The normalized spacial score (nSPS) is 22.4. The SMILES string of the molecule is CC(C)c1cccc(C(C)C)c1N1C(=P)C2(CCCCC2)CC1(C)C. The number of hydrogen-bond donors (Lipinski definition) is 0. The number of para-hydroxylation sites is 1. The summed E-state index contributed by atoms with van der Waals surface area (Å²) in [6.07, 6.45) is 8.10. The van der Waals surface area contributed by atoms with Crippen LogP contribution in [0.1, 0.15) is 103 Å². The highest BCUT2D eigenvalue weighted by atomic mass is 31.0. The van der Waals surface area contributed by atoms with Gasteiger partial charge in [-0.3, -0.25) is 0 Å². The average Bonchev–Trinajstić information content (AvgIpc) is 2.72. The molecule has 1 saturated carbocycles. The lowest BCUT2D eigenvalue weighted by molar-refractivity contribution is 0.255. The second-order valence-electron chi connectivity index (χ2n) is 9.61. The van der Waals surface area contributed by atoms with Crippen molar-refractivity contribution in [3.8, 4) is 0 Å². The summed E-state index contributed by atoms with van der Waals surface area (Å²) in [7, 11) is 4.21. The molecule has 1 aromatic rings. The van der Waals surface area contributed by atoms with Crippen LogP contribution < -0.4 is 4.90 Å². The summed E-state index contributed by atoms with van der Waals surface area (Å²) in [5, 5.41) is 0. The van der Waals surface area contributed by atoms with Crippen molar-refractivity contribution in [1.29, 1.82) is 0 Å². The minimum atomic E-state index is 0.156. The fraction of sp³-hybridized carbons (Fsp3) is 0.696. The smallest absolute Gasteiger partial charge is 0.0486 e. The maximum absolute atomic E-state index is 4.21. The summed E-state index contributed by atoms with van der Waals surface area (Å²) in [6, 6.07) is 6.93. The van der Waals surface area contributed by atoms with Crippen LogP contribution in [0.4, 0.5) is 5.69 Å². The van der Waals surface area contributed by atoms with E-state index in [1.54, 1.807) is 0 Å². The molecule has 0 unspecified atom stereocenters. The first kappa shape index (κ1) is 19.0. The fourth-order valence-electron chi connectivity index (χ4n) is 5.36. The molecule has 25 heavy (non-hydrogen) atoms. The molecule has 0 N–H and O–H groups in total. The van der Waals surface area contributed by atoms with E-state index in [4.69, 9.17) is 0 Å². The average molecular weight is 358 g/mol. The standard InChI is InChI=1S/C23H36NP/c1-16(2)18-11-10-12-19(17(3)4)20(18)24-21(25)23(15-22(24,5)6)13-8-7-9-14-23/h10-12,16-17,25H,7-9,13-15H2,1-6H3. The van der Waals surface area contributed by atoms with Gasteiger partial charge in [0, 0.05) is 22.1 Å². The molecule has 2 aliphatic rings. The maximum atomic E-state index is 4.21. The van der Waals surface area contributed by atoms with E-state index in [0.717, 1.165) is 0 Å². The van der Waals surface area contributed by atoms with Gasteiger partial charge in [0.25, 0.3) is 0 Å². The lowest BCUT2D eigenvalue weighted by atomic mass is 9.71. The molecule has 138 valence electrons. The van der Waals surface area contributed by atoms with Crippen molar-refractivity contribution in [2.24, 2.45) is 5.41 Å². The van der Waals surface area contributed by atoms with E-state index in [2.05, 4.69) is 73.5 Å². The lowest BCUT2D eigenvalue weighted by Gasteiger charge is -2.39. The van der Waals surface area contributed by atoms with E-state index in [1.165, 1.54) is 60.8 Å². The monoisotopic (exact) mass is 357 g/mol. The zero-order valence-electron chi connectivity index (χ0n) is 17.1. The van der Waals surface area contributed by atoms with Gasteiger partial charge in [-0.1, -0.05) is 74.0 Å². The minimum Gasteiger partial charge on any atom is -0.335 e. The van der Waals surface area contributed by atoms with Crippen LogP contribution in [0.5, 0.6) is 0 Å². The molecular formula is C23H36NP. The predicted molar refractivity (Wildman–Crippen MR) is 115 cm³/mol. The van der Waals surface area contributed by atoms with Crippen molar-refractivity contribution < 1.29 is 0 Å². The molecule has 1 spiro atoms. The minimum absolute atomic E-state index is 0.156. The highest BCUT2D eigenvalue weighted by Gasteiger charge is 2.52. The third kappa shape index (κ3) is 3.18. The van der Waals surface area contributed by atoms with Gasteiger partial charge in [0.1, 0.15) is 0 Å². The van der Waals surface area contributed by atoms with Crippen molar-refractivity contribution in [1.82, 2.24) is 0 Å². The van der Waals surface area contributed by atoms with Gasteiger partial charge in [-0.05, 0) is 56.1 Å². The van der Waals surface area contributed by atoms with E-state index < -0.39 is 0 Å². The van der Waals surface area contributed by atoms with Crippen molar-refractivity contribution in [3.63, 3.8) is 0 Å². The van der Waals surface area contributed by atoms with Gasteiger partial charge in [0.15, 0.2) is 0 Å². The number of rotatable bonds is 3. The number of benzene rings is 1. The Morgan fingerprint density at radius 1 is 0.920 bits per heavy atom. The van der Waals surface area contributed by atoms with Crippen molar-refractivity contribution in [3.05, 3.63) is 29.3 Å². The molecule has 0 amide bonds. The topological polar surface area (TPSA) is 3.24 Å². The van der Waals surface area contributed by atoms with Crippen LogP contribution in [-0.2, 0) is 0 Å². The highest BCUT2D eigenvalue weighted by molar-refractivity contribution is 7.22. The molecule has 0 atom stereocenters. The molecule has 1 nitrogen and oxygen atoms in total. The van der Waals surface area contributed by atoms with Gasteiger partial charge < -0.3 is 4.90 Å². The first-order valence-corrected chi connectivity index (χ1v) is 10.7. The third-order valence-corrected chi connectivity index (χ3v) is 7.23. The molecule has 2 fully saturated rings. The maximum Gasteiger partial charge on any atom is 0.0486 e. The Labute approximate surface area is 157 Å². The van der Waals surface area contributed by atoms with Crippen LogP contribution in [0.2, 0.25) is 0 Å². The Kier molecular flexibility index (Phi) is 5.11. The van der Waals surface area contributed by atoms with Gasteiger partial charge in [0.05, 0.1) is 0 Å². The first-order valence-electron chi connectivity index (χ1n) is 10.2. The Balaban J connectivity index is 2.16. The van der Waals surface area contributed by atoms with Crippen molar-refractivity contribution in [2.75, 3.05) is 4.90 Å². The summed E-state index contributed by atoms with van der Waals surface area (Å²) in [4.78, 5) is 2.68. The second-order valence-corrected chi connectivity index (χ2v) is 10.1. The van der Waals surface area contributed by atoms with E-state index in [1.807, 2.05) is 0 Å². The van der Waals surface area contributed by atoms with Crippen LogP contribution in [0.25, 0.3) is 0 Å². The highest BCUT2D eigenvalue weighted by Crippen LogP contribution is 2.55. The molecule has 1 heterocycles. The van der Waals surface area contributed by atoms with Gasteiger partial charge in [-0.15, -0.1) is 0 Å². The van der Waals surface area contributed by atoms with Crippen LogP contribution in [0.3, 0.4) is 0 Å². The van der Waals surface area contributed by atoms with Crippen molar-refractivity contribution in [2.45, 2.75) is 97.4 Å². The summed E-state index contributed by atoms with van der Waals surface area (Å²) in [5.41, 5.74) is 6.42. The number of nitrogens with zero attached hydrogens (tertiary/aromatic N) is 1. The Morgan fingerprint density at radius 2 is 1.44 bits per heavy atom. The van der Waals surface area contributed by atoms with Crippen molar-refractivity contribution >= 4 is 20.0 Å². The van der Waals surface area contributed by atoms with Crippen LogP contribution in [0, 0.1) is 5.41 Å². The third-order valence-electron chi connectivity index (χ3n) is 6.48. The molecule has 1 aliphatic heterocycles. The zero-order chi connectivity index (χ0) is 18.4.